The summed E-state index contributed by atoms with van der Waals surface area (Å²) in [6, 6.07) is -0.187. The van der Waals surface area contributed by atoms with Crippen molar-refractivity contribution in [3.8, 4) is 0 Å². The molecule has 2 rings (SSSR count). The van der Waals surface area contributed by atoms with E-state index in [1.807, 2.05) is 20.8 Å². The summed E-state index contributed by atoms with van der Waals surface area (Å²) in [5.41, 5.74) is 7.49. The maximum absolute atomic E-state index is 10.7. The van der Waals surface area contributed by atoms with Crippen LogP contribution in [-0.2, 0) is 4.79 Å². The fourth-order valence-corrected chi connectivity index (χ4v) is 2.83. The van der Waals surface area contributed by atoms with Crippen molar-refractivity contribution in [3.63, 3.8) is 0 Å². The maximum atomic E-state index is 10.7. The first kappa shape index (κ1) is 14.4. The normalized spacial score (nSPS) is 12.6. The molecule has 2 heterocycles. The first-order valence-corrected chi connectivity index (χ1v) is 6.88. The van der Waals surface area contributed by atoms with Crippen LogP contribution < -0.4 is 5.73 Å². The summed E-state index contributed by atoms with van der Waals surface area (Å²) in [5, 5.41) is 20.8. The molecule has 0 aliphatic heterocycles. The number of hydrogen-bond acceptors (Lipinski definition) is 7. The largest absolute Gasteiger partial charge is 0.481 e. The molecule has 0 saturated heterocycles. The van der Waals surface area contributed by atoms with Crippen molar-refractivity contribution in [2.24, 2.45) is 0 Å². The van der Waals surface area contributed by atoms with Crippen LogP contribution in [0.1, 0.15) is 30.0 Å². The van der Waals surface area contributed by atoms with Crippen LogP contribution in [-0.4, -0.2) is 36.7 Å². The number of nitrogens with two attached hydrogens (primary N) is 1. The lowest BCUT2D eigenvalue weighted by Gasteiger charge is -2.16. The summed E-state index contributed by atoms with van der Waals surface area (Å²) in [7, 11) is 0. The lowest BCUT2D eigenvalue weighted by Crippen LogP contribution is -2.13. The zero-order valence-corrected chi connectivity index (χ0v) is 12.1. The lowest BCUT2D eigenvalue weighted by molar-refractivity contribution is -0.133. The molecule has 9 heteroatoms. The molecule has 20 heavy (non-hydrogen) atoms. The van der Waals surface area contributed by atoms with Crippen LogP contribution in [0.5, 0.6) is 0 Å². The van der Waals surface area contributed by atoms with Crippen LogP contribution in [0.25, 0.3) is 0 Å². The molecule has 2 aromatic heterocycles. The molecule has 0 fully saturated rings. The van der Waals surface area contributed by atoms with Crippen LogP contribution >= 0.6 is 11.8 Å². The van der Waals surface area contributed by atoms with Gasteiger partial charge < -0.3 is 15.4 Å². The standard InChI is InChI=1S/C11H15N5O3S/c1-5-9(7(3)19-15-5)6(2)16-10(12)13-14-11(16)20-4-8(17)18/h6H,4H2,1-3H3,(H2,12,13)(H,17,18). The minimum atomic E-state index is -0.923. The Morgan fingerprint density at radius 1 is 1.50 bits per heavy atom. The van der Waals surface area contributed by atoms with E-state index in [0.29, 0.717) is 10.9 Å². The Morgan fingerprint density at radius 3 is 2.75 bits per heavy atom. The van der Waals surface area contributed by atoms with Gasteiger partial charge in [0.05, 0.1) is 17.5 Å². The van der Waals surface area contributed by atoms with E-state index >= 15 is 0 Å². The predicted octanol–water partition coefficient (Wildman–Crippen LogP) is 1.25. The number of aryl methyl sites for hydroxylation is 2. The molecule has 0 amide bonds. The zero-order chi connectivity index (χ0) is 14.9. The molecule has 108 valence electrons. The number of hydrogen-bond donors (Lipinski definition) is 2. The molecule has 0 spiro atoms. The van der Waals surface area contributed by atoms with Gasteiger partial charge in [-0.25, -0.2) is 0 Å². The number of nitrogen functional groups attached to an aromatic ring is 1. The highest BCUT2D eigenvalue weighted by Gasteiger charge is 2.23. The van der Waals surface area contributed by atoms with Gasteiger partial charge in [-0.2, -0.15) is 0 Å². The molecule has 2 aromatic rings. The summed E-state index contributed by atoms with van der Waals surface area (Å²) in [4.78, 5) is 10.7. The second kappa shape index (κ2) is 5.53. The average Bonchev–Trinajstić information content (AvgIpc) is 2.90. The van der Waals surface area contributed by atoms with E-state index < -0.39 is 5.97 Å². The van der Waals surface area contributed by atoms with Crippen LogP contribution in [0, 0.1) is 13.8 Å². The van der Waals surface area contributed by atoms with Gasteiger partial charge in [-0.1, -0.05) is 16.9 Å². The van der Waals surface area contributed by atoms with Gasteiger partial charge in [0.2, 0.25) is 5.95 Å². The second-order valence-electron chi connectivity index (χ2n) is 4.31. The molecule has 8 nitrogen and oxygen atoms in total. The SMILES string of the molecule is Cc1noc(C)c1C(C)n1c(N)nnc1SCC(=O)O. The molecule has 0 aliphatic carbocycles. The van der Waals surface area contributed by atoms with Crippen molar-refractivity contribution >= 4 is 23.7 Å². The Hall–Kier alpha value is -2.03. The molecular formula is C11H15N5O3S. The molecule has 3 N–H and O–H groups in total. The van der Waals surface area contributed by atoms with E-state index in [0.717, 1.165) is 23.0 Å². The van der Waals surface area contributed by atoms with E-state index in [4.69, 9.17) is 15.4 Å². The maximum Gasteiger partial charge on any atom is 0.313 e. The topological polar surface area (TPSA) is 120 Å². The average molecular weight is 297 g/mol. The number of anilines is 1. The summed E-state index contributed by atoms with van der Waals surface area (Å²) >= 11 is 1.07. The van der Waals surface area contributed by atoms with Crippen molar-refractivity contribution < 1.29 is 14.4 Å². The summed E-state index contributed by atoms with van der Waals surface area (Å²) < 4.78 is 6.83. The highest BCUT2D eigenvalue weighted by Crippen LogP contribution is 2.30. The number of carboxylic acids is 1. The third-order valence-corrected chi connectivity index (χ3v) is 3.84. The van der Waals surface area contributed by atoms with Gasteiger partial charge >= 0.3 is 5.97 Å². The number of rotatable bonds is 5. The lowest BCUT2D eigenvalue weighted by atomic mass is 10.1. The number of thioether (sulfide) groups is 1. The van der Waals surface area contributed by atoms with E-state index in [1.54, 1.807) is 4.57 Å². The summed E-state index contributed by atoms with van der Waals surface area (Å²) in [5.74, 6) is -0.109. The summed E-state index contributed by atoms with van der Waals surface area (Å²) in [6.45, 7) is 5.57. The minimum Gasteiger partial charge on any atom is -0.481 e. The van der Waals surface area contributed by atoms with E-state index in [2.05, 4.69) is 15.4 Å². The van der Waals surface area contributed by atoms with Crippen molar-refractivity contribution in [3.05, 3.63) is 17.0 Å². The predicted molar refractivity (Wildman–Crippen MR) is 72.6 cm³/mol. The van der Waals surface area contributed by atoms with Gasteiger partial charge in [-0.15, -0.1) is 10.2 Å². The van der Waals surface area contributed by atoms with Crippen molar-refractivity contribution in [1.29, 1.82) is 0 Å². The van der Waals surface area contributed by atoms with Crippen LogP contribution in [0.2, 0.25) is 0 Å². The third kappa shape index (κ3) is 2.62. The van der Waals surface area contributed by atoms with Crippen LogP contribution in [0.15, 0.2) is 9.68 Å². The van der Waals surface area contributed by atoms with Gasteiger partial charge in [0.25, 0.3) is 0 Å². The number of aromatic nitrogens is 4. The summed E-state index contributed by atoms with van der Waals surface area (Å²) in [6.07, 6.45) is 0. The zero-order valence-electron chi connectivity index (χ0n) is 11.3. The first-order valence-electron chi connectivity index (χ1n) is 5.89. The molecule has 0 aromatic carbocycles. The van der Waals surface area contributed by atoms with Crippen LogP contribution in [0.4, 0.5) is 5.95 Å². The smallest absolute Gasteiger partial charge is 0.313 e. The van der Waals surface area contributed by atoms with E-state index in [1.165, 1.54) is 0 Å². The first-order chi connectivity index (χ1) is 9.41. The Bertz CT molecular complexity index is 617. The quantitative estimate of drug-likeness (QED) is 0.791. The van der Waals surface area contributed by atoms with E-state index in [-0.39, 0.29) is 17.7 Å². The highest BCUT2D eigenvalue weighted by molar-refractivity contribution is 7.99. The molecule has 1 unspecified atom stereocenters. The molecule has 0 bridgehead atoms. The minimum absolute atomic E-state index is 0.105. The monoisotopic (exact) mass is 297 g/mol. The number of carboxylic acid groups (broad SMARTS) is 1. The Morgan fingerprint density at radius 2 is 2.20 bits per heavy atom. The third-order valence-electron chi connectivity index (χ3n) is 2.91. The van der Waals surface area contributed by atoms with Gasteiger partial charge in [-0.3, -0.25) is 9.36 Å². The van der Waals surface area contributed by atoms with E-state index in [9.17, 15) is 4.79 Å². The Labute approximate surface area is 119 Å². The van der Waals surface area contributed by atoms with Gasteiger partial charge in [0.1, 0.15) is 5.76 Å². The Kier molecular flexibility index (Phi) is 3.98. The van der Waals surface area contributed by atoms with Crippen molar-refractivity contribution in [2.75, 3.05) is 11.5 Å². The fraction of sp³-hybridized carbons (Fsp3) is 0.455. The van der Waals surface area contributed by atoms with Crippen LogP contribution in [0.3, 0.4) is 0 Å². The molecular weight excluding hydrogens is 282 g/mol. The van der Waals surface area contributed by atoms with Gasteiger partial charge in [0.15, 0.2) is 5.16 Å². The number of nitrogens with zero attached hydrogens (tertiary/aromatic N) is 4. The molecule has 0 saturated carbocycles. The van der Waals surface area contributed by atoms with Gasteiger partial charge in [-0.05, 0) is 20.8 Å². The second-order valence-corrected chi connectivity index (χ2v) is 5.25. The molecule has 0 aliphatic rings. The highest BCUT2D eigenvalue weighted by atomic mass is 32.2. The number of carbonyl (C=O) groups is 1. The van der Waals surface area contributed by atoms with Gasteiger partial charge in [0, 0.05) is 5.56 Å². The number of aliphatic carboxylic acids is 1. The molecule has 1 atom stereocenters. The fourth-order valence-electron chi connectivity index (χ4n) is 2.09. The van der Waals surface area contributed by atoms with Crippen molar-refractivity contribution in [2.45, 2.75) is 32.0 Å². The molecule has 0 radical (unpaired) electrons. The Balaban J connectivity index is 2.37. The van der Waals surface area contributed by atoms with Crippen molar-refractivity contribution in [1.82, 2.24) is 19.9 Å².